The molecule has 1 aliphatic rings. The van der Waals surface area contributed by atoms with Crippen LogP contribution in [0.5, 0.6) is 11.5 Å². The summed E-state index contributed by atoms with van der Waals surface area (Å²) in [6.07, 6.45) is -4.42. The number of nitrogens with zero attached hydrogens (tertiary/aromatic N) is 4. The van der Waals surface area contributed by atoms with Crippen molar-refractivity contribution in [3.8, 4) is 28.8 Å². The first kappa shape index (κ1) is 20.2. The lowest BCUT2D eigenvalue weighted by Gasteiger charge is -2.10. The Labute approximate surface area is 185 Å². The highest BCUT2D eigenvalue weighted by molar-refractivity contribution is 6.02. The summed E-state index contributed by atoms with van der Waals surface area (Å²) in [4.78, 5) is 12.7. The van der Waals surface area contributed by atoms with Gasteiger partial charge in [0.25, 0.3) is 5.70 Å². The summed E-state index contributed by atoms with van der Waals surface area (Å²) in [7, 11) is 0. The van der Waals surface area contributed by atoms with Gasteiger partial charge < -0.3 is 4.74 Å². The van der Waals surface area contributed by atoms with Crippen molar-refractivity contribution in [2.75, 3.05) is 0 Å². The van der Waals surface area contributed by atoms with E-state index in [0.717, 1.165) is 23.3 Å². The molecule has 0 saturated heterocycles. The van der Waals surface area contributed by atoms with Crippen molar-refractivity contribution in [1.29, 1.82) is 5.26 Å². The molecule has 8 heteroatoms. The van der Waals surface area contributed by atoms with E-state index < -0.39 is 11.7 Å². The van der Waals surface area contributed by atoms with Crippen LogP contribution in [0.1, 0.15) is 16.8 Å². The van der Waals surface area contributed by atoms with Gasteiger partial charge in [0.2, 0.25) is 0 Å². The summed E-state index contributed by atoms with van der Waals surface area (Å²) in [5, 5.41) is 9.44. The van der Waals surface area contributed by atoms with Gasteiger partial charge in [-0.05, 0) is 42.0 Å². The van der Waals surface area contributed by atoms with Gasteiger partial charge in [-0.2, -0.15) is 13.2 Å². The molecule has 1 aliphatic carbocycles. The van der Waals surface area contributed by atoms with Crippen molar-refractivity contribution in [3.05, 3.63) is 101 Å². The van der Waals surface area contributed by atoms with E-state index in [2.05, 4.69) is 9.83 Å². The van der Waals surface area contributed by atoms with Crippen LogP contribution in [-0.2, 0) is 6.18 Å². The standard InChI is InChI=1S/C25H11F3N4O/c1-30-21(13-29)22-17-4-2-3-5-18(17)23-24(22)31-19-11-10-16(12-20(19)32-23)33-15-8-6-14(7-9-15)25(26,27)28/h2-12H/b22-21+. The number of hydrogen-bond acceptors (Lipinski definition) is 4. The minimum absolute atomic E-state index is 0.0582. The molecular formula is C25H11F3N4O. The molecule has 1 aromatic heterocycles. The molecule has 33 heavy (non-hydrogen) atoms. The van der Waals surface area contributed by atoms with Crippen LogP contribution in [0.25, 0.3) is 32.7 Å². The first-order chi connectivity index (χ1) is 15.9. The number of alkyl halides is 3. The molecule has 5 rings (SSSR count). The van der Waals surface area contributed by atoms with Crippen molar-refractivity contribution in [2.45, 2.75) is 6.18 Å². The predicted molar refractivity (Wildman–Crippen MR) is 115 cm³/mol. The number of ether oxygens (including phenoxy) is 1. The van der Waals surface area contributed by atoms with Gasteiger partial charge in [0, 0.05) is 17.2 Å². The van der Waals surface area contributed by atoms with Crippen LogP contribution in [0.15, 0.2) is 72.4 Å². The summed E-state index contributed by atoms with van der Waals surface area (Å²) >= 11 is 0. The molecule has 5 nitrogen and oxygen atoms in total. The smallest absolute Gasteiger partial charge is 0.416 e. The molecule has 0 radical (unpaired) electrons. The highest BCUT2D eigenvalue weighted by Crippen LogP contribution is 2.44. The third kappa shape index (κ3) is 3.44. The Hall–Kier alpha value is -4.69. The van der Waals surface area contributed by atoms with Gasteiger partial charge in [-0.15, -0.1) is 0 Å². The van der Waals surface area contributed by atoms with Crippen molar-refractivity contribution < 1.29 is 17.9 Å². The third-order valence-electron chi connectivity index (χ3n) is 5.20. The molecule has 3 aromatic carbocycles. The zero-order chi connectivity index (χ0) is 23.2. The van der Waals surface area contributed by atoms with E-state index in [1.807, 2.05) is 30.3 Å². The van der Waals surface area contributed by atoms with Gasteiger partial charge in [0.1, 0.15) is 11.5 Å². The lowest BCUT2D eigenvalue weighted by Crippen LogP contribution is -2.04. The van der Waals surface area contributed by atoms with E-state index in [1.54, 1.807) is 18.2 Å². The first-order valence-corrected chi connectivity index (χ1v) is 9.68. The number of nitriles is 1. The van der Waals surface area contributed by atoms with Crippen LogP contribution in [0, 0.1) is 17.9 Å². The van der Waals surface area contributed by atoms with Gasteiger partial charge in [0.15, 0.2) is 0 Å². The molecule has 0 atom stereocenters. The summed E-state index contributed by atoms with van der Waals surface area (Å²) in [6.45, 7) is 7.37. The first-order valence-electron chi connectivity index (χ1n) is 9.68. The second-order valence-corrected chi connectivity index (χ2v) is 7.19. The quantitative estimate of drug-likeness (QED) is 0.229. The molecule has 0 N–H and O–H groups in total. The normalized spacial score (nSPS) is 13.6. The van der Waals surface area contributed by atoms with E-state index in [4.69, 9.17) is 16.3 Å². The average Bonchev–Trinajstić information content (AvgIpc) is 3.12. The van der Waals surface area contributed by atoms with Crippen LogP contribution in [-0.4, -0.2) is 9.97 Å². The molecule has 0 bridgehead atoms. The molecule has 0 saturated carbocycles. The maximum absolute atomic E-state index is 12.8. The minimum Gasteiger partial charge on any atom is -0.457 e. The molecule has 0 amide bonds. The largest absolute Gasteiger partial charge is 0.457 e. The predicted octanol–water partition coefficient (Wildman–Crippen LogP) is 6.62. The monoisotopic (exact) mass is 440 g/mol. The second kappa shape index (κ2) is 7.47. The number of allylic oxidation sites excluding steroid dienone is 1. The maximum Gasteiger partial charge on any atom is 0.416 e. The zero-order valence-electron chi connectivity index (χ0n) is 16.7. The summed E-state index contributed by atoms with van der Waals surface area (Å²) in [5.74, 6) is 0.639. The number of hydrogen-bond donors (Lipinski definition) is 0. The van der Waals surface area contributed by atoms with Crippen LogP contribution in [0.4, 0.5) is 13.2 Å². The van der Waals surface area contributed by atoms with Crippen molar-refractivity contribution >= 4 is 16.6 Å². The highest BCUT2D eigenvalue weighted by Gasteiger charge is 2.31. The van der Waals surface area contributed by atoms with E-state index in [0.29, 0.717) is 33.7 Å². The molecular weight excluding hydrogens is 429 g/mol. The Kier molecular flexibility index (Phi) is 4.58. The Balaban J connectivity index is 1.58. The fourth-order valence-corrected chi connectivity index (χ4v) is 3.72. The molecule has 0 fully saturated rings. The van der Waals surface area contributed by atoms with Gasteiger partial charge in [-0.3, -0.25) is 0 Å². The SMILES string of the molecule is [C-]#[N+]/C(C#N)=C1\c2ccccc2-c2nc3cc(Oc4ccc(C(F)(F)F)cc4)ccc3nc21. The van der Waals surface area contributed by atoms with Gasteiger partial charge in [-0.25, -0.2) is 20.1 Å². The number of rotatable bonds is 2. The molecule has 1 heterocycles. The molecule has 0 spiro atoms. The van der Waals surface area contributed by atoms with Crippen LogP contribution >= 0.6 is 0 Å². The zero-order valence-corrected chi connectivity index (χ0v) is 16.7. The number of fused-ring (bicyclic) bond motifs is 4. The Morgan fingerprint density at radius 3 is 2.21 bits per heavy atom. The lowest BCUT2D eigenvalue weighted by molar-refractivity contribution is -0.137. The minimum atomic E-state index is -4.42. The summed E-state index contributed by atoms with van der Waals surface area (Å²) in [6, 6.07) is 18.6. The topological polar surface area (TPSA) is 63.2 Å². The van der Waals surface area contributed by atoms with Crippen LogP contribution < -0.4 is 4.74 Å². The Morgan fingerprint density at radius 2 is 1.55 bits per heavy atom. The fourth-order valence-electron chi connectivity index (χ4n) is 3.72. The lowest BCUT2D eigenvalue weighted by atomic mass is 10.0. The molecule has 0 aliphatic heterocycles. The van der Waals surface area contributed by atoms with Crippen LogP contribution in [0.3, 0.4) is 0 Å². The molecule has 0 unspecified atom stereocenters. The summed E-state index contributed by atoms with van der Waals surface area (Å²) < 4.78 is 44.0. The third-order valence-corrected chi connectivity index (χ3v) is 5.20. The Bertz CT molecular complexity index is 1530. The van der Waals surface area contributed by atoms with Crippen LogP contribution in [0.2, 0.25) is 0 Å². The molecule has 4 aromatic rings. The number of halogens is 3. The highest BCUT2D eigenvalue weighted by atomic mass is 19.4. The summed E-state index contributed by atoms with van der Waals surface area (Å²) in [5.41, 5.74) is 3.18. The second-order valence-electron chi connectivity index (χ2n) is 7.19. The van der Waals surface area contributed by atoms with Crippen molar-refractivity contribution in [2.24, 2.45) is 0 Å². The van der Waals surface area contributed by atoms with E-state index in [1.165, 1.54) is 12.1 Å². The molecule has 158 valence electrons. The van der Waals surface area contributed by atoms with Gasteiger partial charge >= 0.3 is 6.18 Å². The Morgan fingerprint density at radius 1 is 0.879 bits per heavy atom. The van der Waals surface area contributed by atoms with Gasteiger partial charge in [0.05, 0.1) is 40.6 Å². The van der Waals surface area contributed by atoms with Crippen molar-refractivity contribution in [3.63, 3.8) is 0 Å². The maximum atomic E-state index is 12.8. The van der Waals surface area contributed by atoms with Gasteiger partial charge in [-0.1, -0.05) is 24.3 Å². The number of aromatic nitrogens is 2. The van der Waals surface area contributed by atoms with Crippen molar-refractivity contribution in [1.82, 2.24) is 9.97 Å². The van der Waals surface area contributed by atoms with E-state index in [-0.39, 0.29) is 11.4 Å². The van der Waals surface area contributed by atoms with E-state index >= 15 is 0 Å². The average molecular weight is 440 g/mol. The van der Waals surface area contributed by atoms with E-state index in [9.17, 15) is 18.4 Å². The number of benzene rings is 3. The fraction of sp³-hybridized carbons (Fsp3) is 0.0400.